The Kier molecular flexibility index (Phi) is 6.86. The molecular formula is C48H42N4O4. The van der Waals surface area contributed by atoms with Crippen LogP contribution >= 0.6 is 0 Å². The molecule has 0 saturated carbocycles. The summed E-state index contributed by atoms with van der Waals surface area (Å²) in [6.07, 6.45) is 2.44. The minimum absolute atomic E-state index is 0.0142. The molecule has 278 valence electrons. The summed E-state index contributed by atoms with van der Waals surface area (Å²) in [6.45, 7) is 1.03. The molecular weight excluding hydrogens is 697 g/mol. The lowest BCUT2D eigenvalue weighted by atomic mass is 9.53. The highest BCUT2D eigenvalue weighted by Gasteiger charge is 2.75. The minimum Gasteiger partial charge on any atom is -0.324 e. The topological polar surface area (TPSA) is 98.8 Å². The van der Waals surface area contributed by atoms with Crippen molar-refractivity contribution < 1.29 is 19.2 Å². The molecule has 4 spiro atoms. The number of hydrogen-bond acceptors (Lipinski definition) is 6. The van der Waals surface area contributed by atoms with Gasteiger partial charge in [0.15, 0.2) is 11.6 Å². The largest absolute Gasteiger partial charge is 0.324 e. The molecule has 0 aromatic heterocycles. The predicted octanol–water partition coefficient (Wildman–Crippen LogP) is 7.07. The quantitative estimate of drug-likeness (QED) is 0.201. The number of anilines is 2. The van der Waals surface area contributed by atoms with Gasteiger partial charge in [0, 0.05) is 58.6 Å². The first-order valence-electron chi connectivity index (χ1n) is 19.8. The number of fused-ring (bicyclic) bond motifs is 8. The molecule has 6 atom stereocenters. The first kappa shape index (κ1) is 33.6. The summed E-state index contributed by atoms with van der Waals surface area (Å²) in [5.74, 6) is -0.857. The zero-order chi connectivity index (χ0) is 38.2. The van der Waals surface area contributed by atoms with Crippen LogP contribution in [0, 0.1) is 10.8 Å². The van der Waals surface area contributed by atoms with E-state index in [-0.39, 0.29) is 35.2 Å². The number of aryl methyl sites for hydroxylation is 2. The van der Waals surface area contributed by atoms with Crippen LogP contribution in [-0.2, 0) is 33.5 Å². The van der Waals surface area contributed by atoms with E-state index < -0.39 is 21.9 Å². The summed E-state index contributed by atoms with van der Waals surface area (Å²) < 4.78 is 0. The number of benzene rings is 5. The van der Waals surface area contributed by atoms with Crippen LogP contribution < -0.4 is 10.6 Å². The second-order valence-electron chi connectivity index (χ2n) is 16.9. The Morgan fingerprint density at radius 2 is 0.875 bits per heavy atom. The van der Waals surface area contributed by atoms with Crippen LogP contribution in [0.5, 0.6) is 0 Å². The van der Waals surface area contributed by atoms with E-state index >= 15 is 9.59 Å². The van der Waals surface area contributed by atoms with E-state index in [9.17, 15) is 9.59 Å². The summed E-state index contributed by atoms with van der Waals surface area (Å²) in [5, 5.41) is 6.35. The standard InChI is InChI=1S/C48H42N4O4/c1-51-27-37(45(25-23-29-11-3-5-13-33(29)41(45)53)47(51)35-15-7-9-17-39(35)49-43(47)55)31-19-21-32(22-20-31)38-28-52(2)48(36-16-8-10-18-40(36)50-44(48)56)46(38)26-24-30-12-4-6-14-34(30)42(46)54/h3-22,37-38H,23-28H2,1-2H3,(H,49,55)(H,50,56)/t37-,38+,45+,46-,47+,48-. The van der Waals surface area contributed by atoms with Gasteiger partial charge in [-0.15, -0.1) is 0 Å². The molecule has 4 heterocycles. The fraction of sp³-hybridized carbons (Fsp3) is 0.292. The highest BCUT2D eigenvalue weighted by Crippen LogP contribution is 2.68. The van der Waals surface area contributed by atoms with Crippen LogP contribution in [0.4, 0.5) is 11.4 Å². The average Bonchev–Trinajstić information content (AvgIpc) is 3.88. The Morgan fingerprint density at radius 3 is 1.30 bits per heavy atom. The fourth-order valence-electron chi connectivity index (χ4n) is 12.8. The number of para-hydroxylation sites is 2. The van der Waals surface area contributed by atoms with E-state index in [2.05, 4.69) is 44.7 Å². The molecule has 0 unspecified atom stereocenters. The number of likely N-dealkylation sites (N-methyl/N-ethyl adjacent to an activating group) is 2. The maximum atomic E-state index is 15.3. The number of rotatable bonds is 2. The molecule has 2 amide bonds. The lowest BCUT2D eigenvalue weighted by Gasteiger charge is -2.48. The number of amides is 2. The first-order valence-corrected chi connectivity index (χ1v) is 19.8. The van der Waals surface area contributed by atoms with Crippen molar-refractivity contribution in [2.75, 3.05) is 37.8 Å². The maximum absolute atomic E-state index is 15.3. The Balaban J connectivity index is 1.07. The van der Waals surface area contributed by atoms with Gasteiger partial charge in [0.25, 0.3) is 11.8 Å². The van der Waals surface area contributed by atoms with Gasteiger partial charge in [-0.2, -0.15) is 0 Å². The van der Waals surface area contributed by atoms with E-state index in [4.69, 9.17) is 0 Å². The normalized spacial score (nSPS) is 31.5. The number of ketones is 2. The van der Waals surface area contributed by atoms with Gasteiger partial charge in [0.1, 0.15) is 11.1 Å². The SMILES string of the molecule is CN1C[C@H](c2ccc([C@@H]3CN(C)[C@]4(C(=O)Nc5ccccc54)[C@]34CCc3ccccc3C4=O)cc2)[C@]2(CCc3ccccc3C2=O)[C@]12C(=O)Nc1ccccc12. The zero-order valence-corrected chi connectivity index (χ0v) is 31.5. The molecule has 4 aliphatic heterocycles. The van der Waals surface area contributed by atoms with Gasteiger partial charge >= 0.3 is 0 Å². The Hall–Kier alpha value is -5.70. The van der Waals surface area contributed by atoms with E-state index in [0.29, 0.717) is 49.9 Å². The molecule has 0 bridgehead atoms. The van der Waals surface area contributed by atoms with E-state index in [1.54, 1.807) is 0 Å². The monoisotopic (exact) mass is 738 g/mol. The average molecular weight is 739 g/mol. The zero-order valence-electron chi connectivity index (χ0n) is 31.5. The number of carbonyl (C=O) groups excluding carboxylic acids is 4. The van der Waals surface area contributed by atoms with E-state index in [0.717, 1.165) is 44.8 Å². The van der Waals surface area contributed by atoms with E-state index in [1.165, 1.54) is 0 Å². The summed E-state index contributed by atoms with van der Waals surface area (Å²) in [5.41, 5.74) is 4.12. The molecule has 56 heavy (non-hydrogen) atoms. The molecule has 2 aliphatic carbocycles. The van der Waals surface area contributed by atoms with Crippen molar-refractivity contribution in [3.8, 4) is 0 Å². The number of likely N-dealkylation sites (tertiary alicyclic amines) is 2. The summed E-state index contributed by atoms with van der Waals surface area (Å²) in [4.78, 5) is 64.1. The number of hydrogen-bond donors (Lipinski definition) is 2. The van der Waals surface area contributed by atoms with Crippen LogP contribution in [0.1, 0.15) is 78.8 Å². The molecule has 5 aromatic rings. The van der Waals surface area contributed by atoms with Crippen molar-refractivity contribution in [1.29, 1.82) is 0 Å². The number of nitrogens with one attached hydrogen (secondary N) is 2. The molecule has 5 aromatic carbocycles. The van der Waals surface area contributed by atoms with Gasteiger partial charge in [-0.3, -0.25) is 29.0 Å². The molecule has 2 saturated heterocycles. The smallest absolute Gasteiger partial charge is 0.250 e. The minimum atomic E-state index is -1.19. The summed E-state index contributed by atoms with van der Waals surface area (Å²) in [6, 6.07) is 39.9. The number of Topliss-reactive ketones (excluding diaryl/α,β-unsaturated/α-hetero) is 2. The number of nitrogens with zero attached hydrogens (tertiary/aromatic N) is 2. The Labute approximate surface area is 325 Å². The van der Waals surface area contributed by atoms with Gasteiger partial charge in [-0.1, -0.05) is 109 Å². The van der Waals surface area contributed by atoms with Crippen molar-refractivity contribution in [1.82, 2.24) is 9.80 Å². The van der Waals surface area contributed by atoms with Gasteiger partial charge in [0.2, 0.25) is 0 Å². The fourth-order valence-corrected chi connectivity index (χ4v) is 12.8. The van der Waals surface area contributed by atoms with Crippen molar-refractivity contribution >= 4 is 34.8 Å². The van der Waals surface area contributed by atoms with Crippen molar-refractivity contribution in [3.05, 3.63) is 166 Å². The molecule has 8 nitrogen and oxygen atoms in total. The maximum Gasteiger partial charge on any atom is 0.250 e. The van der Waals surface area contributed by atoms with E-state index in [1.807, 2.05) is 111 Å². The van der Waals surface area contributed by atoms with Crippen LogP contribution in [0.3, 0.4) is 0 Å². The Bertz CT molecular complexity index is 2390. The lowest BCUT2D eigenvalue weighted by Crippen LogP contribution is -2.60. The summed E-state index contributed by atoms with van der Waals surface area (Å²) in [7, 11) is 3.97. The molecule has 0 radical (unpaired) electrons. The summed E-state index contributed by atoms with van der Waals surface area (Å²) >= 11 is 0. The first-order chi connectivity index (χ1) is 27.2. The lowest BCUT2D eigenvalue weighted by molar-refractivity contribution is -0.131. The molecule has 11 rings (SSSR count). The predicted molar refractivity (Wildman–Crippen MR) is 214 cm³/mol. The van der Waals surface area contributed by atoms with Crippen LogP contribution in [-0.4, -0.2) is 60.4 Å². The second-order valence-corrected chi connectivity index (χ2v) is 16.9. The third kappa shape index (κ3) is 3.73. The Morgan fingerprint density at radius 1 is 0.500 bits per heavy atom. The van der Waals surface area contributed by atoms with Crippen LogP contribution in [0.25, 0.3) is 0 Å². The third-order valence-corrected chi connectivity index (χ3v) is 15.0. The highest BCUT2D eigenvalue weighted by molar-refractivity contribution is 6.16. The molecule has 6 aliphatic rings. The molecule has 2 N–H and O–H groups in total. The molecule has 2 fully saturated rings. The third-order valence-electron chi connectivity index (χ3n) is 15.0. The van der Waals surface area contributed by atoms with Crippen LogP contribution in [0.15, 0.2) is 121 Å². The van der Waals surface area contributed by atoms with Gasteiger partial charge in [-0.05, 0) is 74.2 Å². The highest BCUT2D eigenvalue weighted by atomic mass is 16.2. The van der Waals surface area contributed by atoms with Gasteiger partial charge in [0.05, 0.1) is 10.8 Å². The van der Waals surface area contributed by atoms with Crippen molar-refractivity contribution in [2.24, 2.45) is 10.8 Å². The van der Waals surface area contributed by atoms with Crippen molar-refractivity contribution in [3.63, 3.8) is 0 Å². The molecule has 8 heteroatoms. The number of carbonyl (C=O) groups is 4. The second kappa shape index (κ2) is 11.4. The van der Waals surface area contributed by atoms with Crippen molar-refractivity contribution in [2.45, 2.75) is 48.6 Å². The van der Waals surface area contributed by atoms with Gasteiger partial charge in [-0.25, -0.2) is 0 Å². The van der Waals surface area contributed by atoms with Gasteiger partial charge < -0.3 is 10.6 Å². The van der Waals surface area contributed by atoms with Crippen LogP contribution in [0.2, 0.25) is 0 Å².